The first-order chi connectivity index (χ1) is 11.9. The van der Waals surface area contributed by atoms with E-state index in [2.05, 4.69) is 6.92 Å². The molecule has 0 spiro atoms. The van der Waals surface area contributed by atoms with Gasteiger partial charge in [-0.05, 0) is 66.8 Å². The highest BCUT2D eigenvalue weighted by molar-refractivity contribution is 5.65. The van der Waals surface area contributed by atoms with Crippen molar-refractivity contribution in [2.75, 3.05) is 0 Å². The molecule has 0 atom stereocenters. The van der Waals surface area contributed by atoms with Gasteiger partial charge >= 0.3 is 6.18 Å². The van der Waals surface area contributed by atoms with E-state index < -0.39 is 11.7 Å². The zero-order chi connectivity index (χ0) is 18.0. The van der Waals surface area contributed by atoms with Crippen LogP contribution in [0.1, 0.15) is 56.1 Å². The lowest BCUT2D eigenvalue weighted by Gasteiger charge is -2.28. The molecular formula is C21H22F4. The Labute approximate surface area is 145 Å². The zero-order valence-corrected chi connectivity index (χ0v) is 14.2. The molecule has 1 aliphatic rings. The average Bonchev–Trinajstić information content (AvgIpc) is 2.61. The molecule has 134 valence electrons. The Balaban J connectivity index is 1.78. The van der Waals surface area contributed by atoms with Crippen molar-refractivity contribution in [3.05, 3.63) is 59.4 Å². The van der Waals surface area contributed by atoms with Gasteiger partial charge < -0.3 is 0 Å². The number of alkyl halides is 3. The van der Waals surface area contributed by atoms with E-state index in [1.807, 2.05) is 6.07 Å². The van der Waals surface area contributed by atoms with Gasteiger partial charge in [-0.25, -0.2) is 4.39 Å². The Bertz CT molecular complexity index is 708. The number of hydrogen-bond donors (Lipinski definition) is 0. The van der Waals surface area contributed by atoms with E-state index in [1.54, 1.807) is 12.1 Å². The van der Waals surface area contributed by atoms with Crippen molar-refractivity contribution in [3.8, 4) is 11.1 Å². The van der Waals surface area contributed by atoms with Gasteiger partial charge in [-0.1, -0.05) is 37.6 Å². The fraction of sp³-hybridized carbons (Fsp3) is 0.429. The van der Waals surface area contributed by atoms with Crippen LogP contribution in [-0.2, 0) is 6.18 Å². The Morgan fingerprint density at radius 1 is 0.920 bits per heavy atom. The van der Waals surface area contributed by atoms with Crippen molar-refractivity contribution >= 4 is 0 Å². The van der Waals surface area contributed by atoms with Crippen LogP contribution in [-0.4, -0.2) is 0 Å². The summed E-state index contributed by atoms with van der Waals surface area (Å²) in [6.07, 6.45) is 1.36. The monoisotopic (exact) mass is 350 g/mol. The second kappa shape index (κ2) is 7.19. The highest BCUT2D eigenvalue weighted by atomic mass is 19.4. The van der Waals surface area contributed by atoms with Crippen molar-refractivity contribution in [3.63, 3.8) is 0 Å². The standard InChI is InChI=1S/C21H22F4/c1-2-14-3-5-15(6-4-14)17-9-12-19(20(22)13-17)16-7-10-18(11-8-16)21(23,24)25/h7-15H,2-6H2,1H3. The summed E-state index contributed by atoms with van der Waals surface area (Å²) in [4.78, 5) is 0. The smallest absolute Gasteiger partial charge is 0.206 e. The van der Waals surface area contributed by atoms with Crippen LogP contribution in [0, 0.1) is 11.7 Å². The normalized spacial score (nSPS) is 21.3. The van der Waals surface area contributed by atoms with Gasteiger partial charge in [-0.15, -0.1) is 0 Å². The second-order valence-electron chi connectivity index (χ2n) is 6.94. The fourth-order valence-electron chi connectivity index (χ4n) is 3.76. The third kappa shape index (κ3) is 4.05. The molecule has 0 unspecified atom stereocenters. The Morgan fingerprint density at radius 3 is 2.08 bits per heavy atom. The van der Waals surface area contributed by atoms with Gasteiger partial charge in [-0.3, -0.25) is 0 Å². The second-order valence-corrected chi connectivity index (χ2v) is 6.94. The number of halogens is 4. The van der Waals surface area contributed by atoms with E-state index in [0.29, 0.717) is 17.0 Å². The van der Waals surface area contributed by atoms with Crippen LogP contribution in [0.3, 0.4) is 0 Å². The first kappa shape index (κ1) is 18.0. The van der Waals surface area contributed by atoms with Gasteiger partial charge in [-0.2, -0.15) is 13.2 Å². The van der Waals surface area contributed by atoms with Gasteiger partial charge in [0.1, 0.15) is 5.82 Å². The maximum atomic E-state index is 14.5. The van der Waals surface area contributed by atoms with Crippen molar-refractivity contribution in [1.29, 1.82) is 0 Å². The maximum absolute atomic E-state index is 14.5. The summed E-state index contributed by atoms with van der Waals surface area (Å²) in [5.74, 6) is 0.807. The van der Waals surface area contributed by atoms with E-state index in [0.717, 1.165) is 36.5 Å². The summed E-state index contributed by atoms with van der Waals surface area (Å²) in [6, 6.07) is 9.82. The molecule has 0 radical (unpaired) electrons. The molecule has 0 bridgehead atoms. The van der Waals surface area contributed by atoms with Crippen molar-refractivity contribution in [1.82, 2.24) is 0 Å². The van der Waals surface area contributed by atoms with Crippen LogP contribution in [0.15, 0.2) is 42.5 Å². The Kier molecular flexibility index (Phi) is 5.16. The maximum Gasteiger partial charge on any atom is 0.416 e. The summed E-state index contributed by atoms with van der Waals surface area (Å²) in [6.45, 7) is 2.21. The van der Waals surface area contributed by atoms with Crippen LogP contribution in [0.4, 0.5) is 17.6 Å². The Hall–Kier alpha value is -1.84. The lowest BCUT2D eigenvalue weighted by molar-refractivity contribution is -0.137. The summed E-state index contributed by atoms with van der Waals surface area (Å²) < 4.78 is 52.5. The SMILES string of the molecule is CCC1CCC(c2ccc(-c3ccc(C(F)(F)F)cc3)c(F)c2)CC1. The molecule has 0 aromatic heterocycles. The molecule has 0 nitrogen and oxygen atoms in total. The van der Waals surface area contributed by atoms with Gasteiger partial charge in [0.25, 0.3) is 0 Å². The minimum atomic E-state index is -4.38. The van der Waals surface area contributed by atoms with Crippen LogP contribution in [0.2, 0.25) is 0 Å². The van der Waals surface area contributed by atoms with E-state index in [1.165, 1.54) is 31.4 Å². The van der Waals surface area contributed by atoms with Crippen molar-refractivity contribution in [2.24, 2.45) is 5.92 Å². The molecular weight excluding hydrogens is 328 g/mol. The predicted octanol–water partition coefficient (Wildman–Crippen LogP) is 7.20. The average molecular weight is 350 g/mol. The van der Waals surface area contributed by atoms with Crippen molar-refractivity contribution in [2.45, 2.75) is 51.1 Å². The number of hydrogen-bond acceptors (Lipinski definition) is 0. The van der Waals surface area contributed by atoms with Gasteiger partial charge in [0.2, 0.25) is 0 Å². The predicted molar refractivity (Wildman–Crippen MR) is 91.8 cm³/mol. The van der Waals surface area contributed by atoms with Crippen LogP contribution < -0.4 is 0 Å². The molecule has 4 heteroatoms. The Morgan fingerprint density at radius 2 is 1.56 bits per heavy atom. The quantitative estimate of drug-likeness (QED) is 0.514. The number of benzene rings is 2. The summed E-state index contributed by atoms with van der Waals surface area (Å²) in [5, 5.41) is 0. The van der Waals surface area contributed by atoms with Gasteiger partial charge in [0, 0.05) is 5.56 Å². The molecule has 0 N–H and O–H groups in total. The molecule has 2 aromatic rings. The van der Waals surface area contributed by atoms with E-state index in [9.17, 15) is 17.6 Å². The van der Waals surface area contributed by atoms with E-state index in [-0.39, 0.29) is 5.82 Å². The van der Waals surface area contributed by atoms with Crippen LogP contribution >= 0.6 is 0 Å². The summed E-state index contributed by atoms with van der Waals surface area (Å²) >= 11 is 0. The molecule has 1 fully saturated rings. The molecule has 0 heterocycles. The number of rotatable bonds is 3. The molecule has 2 aromatic carbocycles. The van der Waals surface area contributed by atoms with Crippen LogP contribution in [0.5, 0.6) is 0 Å². The largest absolute Gasteiger partial charge is 0.416 e. The molecule has 1 saturated carbocycles. The third-order valence-electron chi connectivity index (χ3n) is 5.41. The molecule has 3 rings (SSSR count). The molecule has 0 amide bonds. The lowest BCUT2D eigenvalue weighted by atomic mass is 9.77. The molecule has 1 aliphatic carbocycles. The first-order valence-corrected chi connectivity index (χ1v) is 8.85. The lowest BCUT2D eigenvalue weighted by Crippen LogP contribution is -2.12. The van der Waals surface area contributed by atoms with E-state index >= 15 is 0 Å². The fourth-order valence-corrected chi connectivity index (χ4v) is 3.76. The molecule has 0 aliphatic heterocycles. The minimum Gasteiger partial charge on any atom is -0.206 e. The molecule has 0 saturated heterocycles. The van der Waals surface area contributed by atoms with Crippen molar-refractivity contribution < 1.29 is 17.6 Å². The van der Waals surface area contributed by atoms with Gasteiger partial charge in [0.15, 0.2) is 0 Å². The van der Waals surface area contributed by atoms with E-state index in [4.69, 9.17) is 0 Å². The van der Waals surface area contributed by atoms with Gasteiger partial charge in [0.05, 0.1) is 5.56 Å². The zero-order valence-electron chi connectivity index (χ0n) is 14.2. The third-order valence-corrected chi connectivity index (χ3v) is 5.41. The highest BCUT2D eigenvalue weighted by Crippen LogP contribution is 2.38. The highest BCUT2D eigenvalue weighted by Gasteiger charge is 2.30. The minimum absolute atomic E-state index is 0.347. The first-order valence-electron chi connectivity index (χ1n) is 8.85. The molecule has 25 heavy (non-hydrogen) atoms. The summed E-state index contributed by atoms with van der Waals surface area (Å²) in [7, 11) is 0. The summed E-state index contributed by atoms with van der Waals surface area (Å²) in [5.41, 5.74) is 1.09. The van der Waals surface area contributed by atoms with Crippen LogP contribution in [0.25, 0.3) is 11.1 Å². The topological polar surface area (TPSA) is 0 Å².